The third-order valence-electron chi connectivity index (χ3n) is 1.32. The summed E-state index contributed by atoms with van der Waals surface area (Å²) in [7, 11) is 0. The number of hydrogen-bond acceptors (Lipinski definition) is 1. The Morgan fingerprint density at radius 2 is 1.75 bits per heavy atom. The van der Waals surface area contributed by atoms with Crippen LogP contribution in [0.4, 0.5) is 0 Å². The van der Waals surface area contributed by atoms with E-state index in [0.29, 0.717) is 12.8 Å². The van der Waals surface area contributed by atoms with Gasteiger partial charge in [0, 0.05) is 0 Å². The predicted octanol–water partition coefficient (Wildman–Crippen LogP) is 1.38. The van der Waals surface area contributed by atoms with Gasteiger partial charge >= 0.3 is 5.97 Å². The average molecular weight is 115 g/mol. The summed E-state index contributed by atoms with van der Waals surface area (Å²) in [6.45, 7) is 3.70. The van der Waals surface area contributed by atoms with Crippen molar-refractivity contribution in [3.63, 3.8) is 0 Å². The number of carbonyl (C=O) groups excluding carboxylic acids is 1. The van der Waals surface area contributed by atoms with Gasteiger partial charge in [0.15, 0.2) is 0 Å². The first kappa shape index (κ1) is 7.47. The molecule has 8 heavy (non-hydrogen) atoms. The lowest BCUT2D eigenvalue weighted by Gasteiger charge is -2.00. The first-order chi connectivity index (χ1) is 3.72. The molecule has 0 aliphatic rings. The molecule has 0 aliphatic carbocycles. The van der Waals surface area contributed by atoms with E-state index in [2.05, 4.69) is 0 Å². The third-order valence-corrected chi connectivity index (χ3v) is 1.32. The molecule has 0 aromatic heterocycles. The maximum Gasteiger partial charge on any atom is 0.358 e. The van der Waals surface area contributed by atoms with Crippen molar-refractivity contribution in [2.24, 2.45) is 5.92 Å². The summed E-state index contributed by atoms with van der Waals surface area (Å²) in [5.74, 6) is -1.16. The van der Waals surface area contributed by atoms with Crippen LogP contribution in [0.2, 0.25) is 0 Å². The molecule has 0 bridgehead atoms. The molecule has 0 aromatic rings. The second-order valence-corrected chi connectivity index (χ2v) is 1.83. The van der Waals surface area contributed by atoms with E-state index in [9.17, 15) is 9.90 Å². The van der Waals surface area contributed by atoms with Gasteiger partial charge < -0.3 is 0 Å². The molecule has 0 atom stereocenters. The molecule has 0 amide bonds. The summed E-state index contributed by atoms with van der Waals surface area (Å²) in [4.78, 5) is 10.1. The van der Waals surface area contributed by atoms with Crippen LogP contribution in [0.5, 0.6) is 0 Å². The van der Waals surface area contributed by atoms with Crippen LogP contribution in [0.3, 0.4) is 0 Å². The molecule has 0 aliphatic heterocycles. The van der Waals surface area contributed by atoms with E-state index >= 15 is 0 Å². The van der Waals surface area contributed by atoms with Crippen molar-refractivity contribution in [1.29, 1.82) is 0 Å². The lowest BCUT2D eigenvalue weighted by atomic mass is 10.1. The molecule has 0 spiro atoms. The Kier molecular flexibility index (Phi) is 3.24. The van der Waals surface area contributed by atoms with E-state index in [-0.39, 0.29) is 5.92 Å². The minimum atomic E-state index is -0.921. The fraction of sp³-hybridized carbons (Fsp3) is 0.833. The van der Waals surface area contributed by atoms with Crippen LogP contribution in [0, 0.1) is 5.92 Å². The Bertz CT molecular complexity index is 74.6. The summed E-state index contributed by atoms with van der Waals surface area (Å²) >= 11 is 0. The number of hydrogen-bond donors (Lipinski definition) is 0. The van der Waals surface area contributed by atoms with E-state index < -0.39 is 5.97 Å². The number of carbonyl (C=O) groups is 1. The monoisotopic (exact) mass is 115 g/mol. The van der Waals surface area contributed by atoms with Gasteiger partial charge in [-0.05, 0) is 12.8 Å². The lowest BCUT2D eigenvalue weighted by molar-refractivity contribution is -0.148. The van der Waals surface area contributed by atoms with Gasteiger partial charge in [0.25, 0.3) is 0 Å². The fourth-order valence-electron chi connectivity index (χ4n) is 0.622. The SMILES string of the molecule is CCC(CC)C([O])=O. The zero-order valence-electron chi connectivity index (χ0n) is 5.31. The van der Waals surface area contributed by atoms with Gasteiger partial charge in [-0.1, -0.05) is 13.8 Å². The topological polar surface area (TPSA) is 37.0 Å². The fourth-order valence-corrected chi connectivity index (χ4v) is 0.622. The van der Waals surface area contributed by atoms with Gasteiger partial charge in [-0.2, -0.15) is 0 Å². The van der Waals surface area contributed by atoms with Gasteiger partial charge in [-0.15, -0.1) is 0 Å². The van der Waals surface area contributed by atoms with Gasteiger partial charge in [0.2, 0.25) is 0 Å². The highest BCUT2D eigenvalue weighted by atomic mass is 16.4. The zero-order valence-corrected chi connectivity index (χ0v) is 5.31. The molecule has 0 saturated heterocycles. The van der Waals surface area contributed by atoms with Crippen molar-refractivity contribution in [2.45, 2.75) is 26.7 Å². The third kappa shape index (κ3) is 1.96. The summed E-state index contributed by atoms with van der Waals surface area (Å²) in [6, 6.07) is 0. The highest BCUT2D eigenvalue weighted by molar-refractivity contribution is 5.69. The van der Waals surface area contributed by atoms with Gasteiger partial charge in [-0.25, -0.2) is 9.90 Å². The molecular formula is C6H11O2. The van der Waals surface area contributed by atoms with Gasteiger partial charge in [0.1, 0.15) is 0 Å². The highest BCUT2D eigenvalue weighted by Crippen LogP contribution is 2.06. The van der Waals surface area contributed by atoms with Crippen molar-refractivity contribution >= 4 is 5.97 Å². The second kappa shape index (κ2) is 3.47. The van der Waals surface area contributed by atoms with Crippen LogP contribution in [0.25, 0.3) is 0 Å². The van der Waals surface area contributed by atoms with E-state index in [1.165, 1.54) is 0 Å². The van der Waals surface area contributed by atoms with Crippen molar-refractivity contribution in [3.8, 4) is 0 Å². The highest BCUT2D eigenvalue weighted by Gasteiger charge is 2.12. The van der Waals surface area contributed by atoms with Crippen LogP contribution >= 0.6 is 0 Å². The van der Waals surface area contributed by atoms with Gasteiger partial charge in [0.05, 0.1) is 5.92 Å². The Balaban J connectivity index is 3.52. The van der Waals surface area contributed by atoms with E-state index in [0.717, 1.165) is 0 Å². The lowest BCUT2D eigenvalue weighted by Crippen LogP contribution is -2.08. The van der Waals surface area contributed by atoms with Crippen molar-refractivity contribution in [3.05, 3.63) is 0 Å². The van der Waals surface area contributed by atoms with Crippen LogP contribution in [-0.4, -0.2) is 5.97 Å². The summed E-state index contributed by atoms with van der Waals surface area (Å²) in [5, 5.41) is 10.1. The Hall–Kier alpha value is -0.530. The summed E-state index contributed by atoms with van der Waals surface area (Å²) in [5.41, 5.74) is 0. The normalized spacial score (nSPS) is 9.88. The smallest absolute Gasteiger partial charge is 0.247 e. The standard InChI is InChI=1S/C6H11O2/c1-3-5(4-2)6(7)8/h5H,3-4H2,1-2H3. The average Bonchev–Trinajstić information content (AvgIpc) is 1.69. The zero-order chi connectivity index (χ0) is 6.57. The Morgan fingerprint density at radius 1 is 1.38 bits per heavy atom. The molecule has 47 valence electrons. The minimum absolute atomic E-state index is 0.241. The molecule has 0 saturated carbocycles. The van der Waals surface area contributed by atoms with Crippen molar-refractivity contribution < 1.29 is 9.90 Å². The van der Waals surface area contributed by atoms with Crippen LogP contribution < -0.4 is 0 Å². The van der Waals surface area contributed by atoms with Crippen LogP contribution in [-0.2, 0) is 9.90 Å². The number of rotatable bonds is 3. The van der Waals surface area contributed by atoms with E-state index in [1.54, 1.807) is 0 Å². The molecule has 2 heteroatoms. The first-order valence-electron chi connectivity index (χ1n) is 2.93. The first-order valence-corrected chi connectivity index (χ1v) is 2.93. The van der Waals surface area contributed by atoms with E-state index in [4.69, 9.17) is 0 Å². The minimum Gasteiger partial charge on any atom is -0.247 e. The van der Waals surface area contributed by atoms with Crippen LogP contribution in [0.15, 0.2) is 0 Å². The molecule has 0 fully saturated rings. The van der Waals surface area contributed by atoms with Gasteiger partial charge in [-0.3, -0.25) is 0 Å². The van der Waals surface area contributed by atoms with E-state index in [1.807, 2.05) is 13.8 Å². The maximum atomic E-state index is 10.1. The molecule has 0 aromatic carbocycles. The molecule has 0 heterocycles. The van der Waals surface area contributed by atoms with Crippen molar-refractivity contribution in [2.75, 3.05) is 0 Å². The Morgan fingerprint density at radius 3 is 1.75 bits per heavy atom. The maximum absolute atomic E-state index is 10.1. The van der Waals surface area contributed by atoms with Crippen molar-refractivity contribution in [1.82, 2.24) is 0 Å². The second-order valence-electron chi connectivity index (χ2n) is 1.83. The quantitative estimate of drug-likeness (QED) is 0.547. The van der Waals surface area contributed by atoms with Crippen LogP contribution in [0.1, 0.15) is 26.7 Å². The molecule has 1 radical (unpaired) electrons. The summed E-state index contributed by atoms with van der Waals surface area (Å²) < 4.78 is 0. The molecular weight excluding hydrogens is 104 g/mol. The molecule has 0 N–H and O–H groups in total. The largest absolute Gasteiger partial charge is 0.358 e. The predicted molar refractivity (Wildman–Crippen MR) is 29.8 cm³/mol. The molecule has 0 unspecified atom stereocenters. The summed E-state index contributed by atoms with van der Waals surface area (Å²) in [6.07, 6.45) is 1.36. The Labute approximate surface area is 49.5 Å². The molecule has 2 nitrogen and oxygen atoms in total. The molecule has 0 rings (SSSR count).